The maximum atomic E-state index is 12.2. The van der Waals surface area contributed by atoms with Crippen molar-refractivity contribution in [3.05, 3.63) is 70.1 Å². The molecule has 0 amide bonds. The molecule has 0 fully saturated rings. The van der Waals surface area contributed by atoms with E-state index in [1.54, 1.807) is 36.4 Å². The molecule has 3 aromatic rings. The lowest BCUT2D eigenvalue weighted by Crippen LogP contribution is -2.08. The molecule has 0 atom stereocenters. The molecule has 0 radical (unpaired) electrons. The van der Waals surface area contributed by atoms with E-state index in [0.29, 0.717) is 29.3 Å². The van der Waals surface area contributed by atoms with Gasteiger partial charge in [-0.3, -0.25) is 0 Å². The van der Waals surface area contributed by atoms with Crippen LogP contribution in [0, 0.1) is 6.92 Å². The van der Waals surface area contributed by atoms with Gasteiger partial charge < -0.3 is 13.9 Å². The first-order chi connectivity index (χ1) is 11.6. The van der Waals surface area contributed by atoms with Crippen LogP contribution in [-0.2, 0) is 0 Å². The third-order valence-electron chi connectivity index (χ3n) is 3.53. The van der Waals surface area contributed by atoms with Crippen molar-refractivity contribution < 1.29 is 18.7 Å². The molecule has 5 nitrogen and oxygen atoms in total. The molecular formula is C19H16O5. The number of fused-ring (bicyclic) bond motifs is 1. The van der Waals surface area contributed by atoms with Crippen LogP contribution in [0.3, 0.4) is 0 Å². The summed E-state index contributed by atoms with van der Waals surface area (Å²) in [4.78, 5) is 23.7. The maximum Gasteiger partial charge on any atom is 0.343 e. The molecule has 0 aliphatic carbocycles. The molecule has 122 valence electrons. The van der Waals surface area contributed by atoms with Crippen molar-refractivity contribution in [2.24, 2.45) is 0 Å². The van der Waals surface area contributed by atoms with Gasteiger partial charge in [0, 0.05) is 17.5 Å². The van der Waals surface area contributed by atoms with E-state index >= 15 is 0 Å². The minimum atomic E-state index is -0.493. The van der Waals surface area contributed by atoms with Crippen LogP contribution < -0.4 is 15.1 Å². The van der Waals surface area contributed by atoms with Gasteiger partial charge in [0.05, 0.1) is 12.2 Å². The van der Waals surface area contributed by atoms with Crippen molar-refractivity contribution >= 4 is 16.9 Å². The van der Waals surface area contributed by atoms with Crippen LogP contribution in [0.25, 0.3) is 11.0 Å². The summed E-state index contributed by atoms with van der Waals surface area (Å²) in [5.74, 6) is 0.513. The number of hydrogen-bond acceptors (Lipinski definition) is 5. The predicted molar refractivity (Wildman–Crippen MR) is 89.8 cm³/mol. The van der Waals surface area contributed by atoms with Gasteiger partial charge in [-0.25, -0.2) is 9.59 Å². The van der Waals surface area contributed by atoms with E-state index in [2.05, 4.69) is 0 Å². The van der Waals surface area contributed by atoms with Gasteiger partial charge >= 0.3 is 11.6 Å². The zero-order chi connectivity index (χ0) is 17.1. The third-order valence-corrected chi connectivity index (χ3v) is 3.53. The summed E-state index contributed by atoms with van der Waals surface area (Å²) in [6.07, 6.45) is 0. The number of aryl methyl sites for hydroxylation is 1. The third kappa shape index (κ3) is 3.30. The van der Waals surface area contributed by atoms with Crippen molar-refractivity contribution in [2.45, 2.75) is 13.8 Å². The number of carbonyl (C=O) groups excluding carboxylic acids is 1. The Hall–Kier alpha value is -3.08. The van der Waals surface area contributed by atoms with Crippen LogP contribution in [0.15, 0.2) is 57.7 Å². The van der Waals surface area contributed by atoms with E-state index in [1.165, 1.54) is 12.1 Å². The van der Waals surface area contributed by atoms with Crippen molar-refractivity contribution in [1.29, 1.82) is 0 Å². The molecule has 2 aromatic carbocycles. The highest BCUT2D eigenvalue weighted by molar-refractivity contribution is 5.92. The van der Waals surface area contributed by atoms with Gasteiger partial charge in [0.25, 0.3) is 0 Å². The van der Waals surface area contributed by atoms with E-state index in [4.69, 9.17) is 13.9 Å². The maximum absolute atomic E-state index is 12.2. The number of benzene rings is 2. The number of carbonyl (C=O) groups is 1. The van der Waals surface area contributed by atoms with Gasteiger partial charge in [0.15, 0.2) is 0 Å². The standard InChI is InChI=1S/C19H16O5/c1-3-22-14-6-4-13(5-7-14)19(21)23-15-8-9-16-12(2)10-18(20)24-17(16)11-15/h4-11H,3H2,1-2H3. The molecule has 3 rings (SSSR count). The lowest BCUT2D eigenvalue weighted by atomic mass is 10.1. The largest absolute Gasteiger partial charge is 0.494 e. The van der Waals surface area contributed by atoms with Crippen LogP contribution in [-0.4, -0.2) is 12.6 Å². The average Bonchev–Trinajstić information content (AvgIpc) is 2.55. The topological polar surface area (TPSA) is 65.7 Å². The number of esters is 1. The number of rotatable bonds is 4. The van der Waals surface area contributed by atoms with E-state index in [0.717, 1.165) is 10.9 Å². The Kier molecular flexibility index (Phi) is 4.33. The smallest absolute Gasteiger partial charge is 0.343 e. The van der Waals surface area contributed by atoms with Gasteiger partial charge in [-0.05, 0) is 55.8 Å². The Morgan fingerprint density at radius 2 is 1.75 bits per heavy atom. The first-order valence-corrected chi connectivity index (χ1v) is 7.56. The van der Waals surface area contributed by atoms with Gasteiger partial charge in [0.1, 0.15) is 17.1 Å². The van der Waals surface area contributed by atoms with Crippen LogP contribution in [0.4, 0.5) is 0 Å². The number of ether oxygens (including phenoxy) is 2. The molecule has 0 aliphatic rings. The fourth-order valence-electron chi connectivity index (χ4n) is 2.39. The van der Waals surface area contributed by atoms with Gasteiger partial charge in [-0.1, -0.05) is 0 Å². The lowest BCUT2D eigenvalue weighted by molar-refractivity contribution is 0.0735. The summed E-state index contributed by atoms with van der Waals surface area (Å²) >= 11 is 0. The van der Waals surface area contributed by atoms with Gasteiger partial charge in [-0.15, -0.1) is 0 Å². The Morgan fingerprint density at radius 1 is 1.04 bits per heavy atom. The van der Waals surface area contributed by atoms with E-state index in [-0.39, 0.29) is 0 Å². The van der Waals surface area contributed by atoms with E-state index in [9.17, 15) is 9.59 Å². The summed E-state index contributed by atoms with van der Waals surface area (Å²) < 4.78 is 15.8. The van der Waals surface area contributed by atoms with Crippen LogP contribution in [0.1, 0.15) is 22.8 Å². The molecule has 0 aliphatic heterocycles. The molecule has 1 aromatic heterocycles. The Balaban J connectivity index is 1.83. The molecular weight excluding hydrogens is 308 g/mol. The molecule has 0 bridgehead atoms. The van der Waals surface area contributed by atoms with Gasteiger partial charge in [0.2, 0.25) is 0 Å². The molecule has 0 spiro atoms. The predicted octanol–water partition coefficient (Wildman–Crippen LogP) is 3.72. The molecule has 0 unspecified atom stereocenters. The van der Waals surface area contributed by atoms with E-state index in [1.807, 2.05) is 13.8 Å². The van der Waals surface area contributed by atoms with Crippen molar-refractivity contribution in [3.8, 4) is 11.5 Å². The molecule has 24 heavy (non-hydrogen) atoms. The second-order valence-corrected chi connectivity index (χ2v) is 5.25. The zero-order valence-corrected chi connectivity index (χ0v) is 13.4. The van der Waals surface area contributed by atoms with Crippen LogP contribution >= 0.6 is 0 Å². The molecule has 0 saturated carbocycles. The summed E-state index contributed by atoms with van der Waals surface area (Å²) in [7, 11) is 0. The van der Waals surface area contributed by atoms with Crippen molar-refractivity contribution in [3.63, 3.8) is 0 Å². The Bertz CT molecular complexity index is 938. The first kappa shape index (κ1) is 15.8. The summed E-state index contributed by atoms with van der Waals surface area (Å²) in [6, 6.07) is 13.1. The summed E-state index contributed by atoms with van der Waals surface area (Å²) in [5, 5.41) is 0.801. The zero-order valence-electron chi connectivity index (χ0n) is 13.4. The SMILES string of the molecule is CCOc1ccc(C(=O)Oc2ccc3c(C)cc(=O)oc3c2)cc1. The molecule has 5 heteroatoms. The second kappa shape index (κ2) is 6.58. The minimum Gasteiger partial charge on any atom is -0.494 e. The van der Waals surface area contributed by atoms with E-state index < -0.39 is 11.6 Å². The Labute approximate surface area is 138 Å². The first-order valence-electron chi connectivity index (χ1n) is 7.56. The minimum absolute atomic E-state index is 0.315. The van der Waals surface area contributed by atoms with Gasteiger partial charge in [-0.2, -0.15) is 0 Å². The quantitative estimate of drug-likeness (QED) is 0.416. The monoisotopic (exact) mass is 324 g/mol. The van der Waals surface area contributed by atoms with Crippen molar-refractivity contribution in [1.82, 2.24) is 0 Å². The lowest BCUT2D eigenvalue weighted by Gasteiger charge is -2.07. The average molecular weight is 324 g/mol. The molecule has 0 saturated heterocycles. The summed E-state index contributed by atoms with van der Waals surface area (Å²) in [6.45, 7) is 4.28. The van der Waals surface area contributed by atoms with Crippen LogP contribution in [0.5, 0.6) is 11.5 Å². The Morgan fingerprint density at radius 3 is 2.46 bits per heavy atom. The van der Waals surface area contributed by atoms with Crippen LogP contribution in [0.2, 0.25) is 0 Å². The highest BCUT2D eigenvalue weighted by Gasteiger charge is 2.10. The normalized spacial score (nSPS) is 10.6. The second-order valence-electron chi connectivity index (χ2n) is 5.25. The number of hydrogen-bond donors (Lipinski definition) is 0. The molecule has 1 heterocycles. The fourth-order valence-corrected chi connectivity index (χ4v) is 2.39. The highest BCUT2D eigenvalue weighted by atomic mass is 16.5. The molecule has 0 N–H and O–H groups in total. The van der Waals surface area contributed by atoms with Crippen molar-refractivity contribution in [2.75, 3.05) is 6.61 Å². The fraction of sp³-hybridized carbons (Fsp3) is 0.158. The highest BCUT2D eigenvalue weighted by Crippen LogP contribution is 2.23. The summed E-state index contributed by atoms with van der Waals surface area (Å²) in [5.41, 5.74) is 1.17.